The number of benzene rings is 1. The van der Waals surface area contributed by atoms with Crippen molar-refractivity contribution in [1.29, 1.82) is 0 Å². The van der Waals surface area contributed by atoms with E-state index in [1.165, 1.54) is 0 Å². The van der Waals surface area contributed by atoms with Gasteiger partial charge in [0.15, 0.2) is 11.6 Å². The van der Waals surface area contributed by atoms with E-state index in [9.17, 15) is 9.59 Å². The van der Waals surface area contributed by atoms with E-state index in [1.807, 2.05) is 38.4 Å². The minimum atomic E-state index is -0.221. The van der Waals surface area contributed by atoms with Crippen molar-refractivity contribution in [2.24, 2.45) is 7.05 Å². The van der Waals surface area contributed by atoms with Crippen LogP contribution in [-0.2, 0) is 7.05 Å². The molecule has 5 heteroatoms. The molecule has 1 aliphatic rings. The summed E-state index contributed by atoms with van der Waals surface area (Å²) in [5.41, 5.74) is 2.15. The third-order valence-electron chi connectivity index (χ3n) is 4.47. The topological polar surface area (TPSA) is 55.2 Å². The van der Waals surface area contributed by atoms with Crippen LogP contribution in [0.3, 0.4) is 0 Å². The lowest BCUT2D eigenvalue weighted by Crippen LogP contribution is -2.21. The van der Waals surface area contributed by atoms with Crippen LogP contribution in [-0.4, -0.2) is 46.9 Å². The van der Waals surface area contributed by atoms with Crippen molar-refractivity contribution >= 4 is 11.6 Å². The van der Waals surface area contributed by atoms with Crippen molar-refractivity contribution in [1.82, 2.24) is 14.7 Å². The van der Waals surface area contributed by atoms with E-state index in [1.54, 1.807) is 30.1 Å². The predicted octanol–water partition coefficient (Wildman–Crippen LogP) is 2.85. The average Bonchev–Trinajstić information content (AvgIpc) is 2.99. The van der Waals surface area contributed by atoms with E-state index in [4.69, 9.17) is 0 Å². The van der Waals surface area contributed by atoms with Gasteiger partial charge in [-0.25, -0.2) is 0 Å². The first-order valence-electron chi connectivity index (χ1n) is 8.52. The molecule has 2 aromatic rings. The normalized spacial score (nSPS) is 16.7. The van der Waals surface area contributed by atoms with Gasteiger partial charge in [-0.05, 0) is 33.5 Å². The quantitative estimate of drug-likeness (QED) is 0.601. The van der Waals surface area contributed by atoms with Crippen LogP contribution in [0.4, 0.5) is 0 Å². The second-order valence-corrected chi connectivity index (χ2v) is 6.76. The second-order valence-electron chi connectivity index (χ2n) is 6.76. The number of carbonyl (C=O) groups is 2. The van der Waals surface area contributed by atoms with Crippen LogP contribution in [0.2, 0.25) is 0 Å². The summed E-state index contributed by atoms with van der Waals surface area (Å²) in [7, 11) is 5.88. The Kier molecular flexibility index (Phi) is 4.95. The molecule has 0 radical (unpaired) electrons. The highest BCUT2D eigenvalue weighted by molar-refractivity contribution is 6.31. The number of aromatic nitrogens is 2. The number of ketones is 2. The van der Waals surface area contributed by atoms with Crippen molar-refractivity contribution in [3.63, 3.8) is 0 Å². The third kappa shape index (κ3) is 3.61. The molecule has 1 aromatic heterocycles. The Morgan fingerprint density at radius 2 is 1.96 bits per heavy atom. The highest BCUT2D eigenvalue weighted by atomic mass is 16.1. The number of rotatable bonds is 6. The van der Waals surface area contributed by atoms with Crippen LogP contribution in [0.15, 0.2) is 48.2 Å². The fraction of sp³-hybridized carbons (Fsp3) is 0.350. The summed E-state index contributed by atoms with van der Waals surface area (Å²) < 4.78 is 1.66. The maximum absolute atomic E-state index is 12.8. The van der Waals surface area contributed by atoms with E-state index < -0.39 is 0 Å². The van der Waals surface area contributed by atoms with E-state index >= 15 is 0 Å². The summed E-state index contributed by atoms with van der Waals surface area (Å²) in [5.74, 6) is -0.435. The number of hydrogen-bond donors (Lipinski definition) is 0. The maximum Gasteiger partial charge on any atom is 0.200 e. The molecule has 1 atom stereocenters. The van der Waals surface area contributed by atoms with Gasteiger partial charge in [-0.15, -0.1) is 0 Å². The molecular formula is C20H23N3O2. The molecule has 0 bridgehead atoms. The number of aryl methyl sites for hydroxylation is 1. The number of carbonyl (C=O) groups excluding carboxylic acids is 2. The van der Waals surface area contributed by atoms with Crippen LogP contribution in [0, 0.1) is 0 Å². The van der Waals surface area contributed by atoms with E-state index in [2.05, 4.69) is 10.00 Å². The van der Waals surface area contributed by atoms with E-state index in [0.29, 0.717) is 11.1 Å². The molecule has 0 spiro atoms. The standard InChI is InChI=1S/C20H23N3O2/c1-22(2)11-7-10-15-12-16(19(24)14-8-5-4-6-9-14)20(25)17-13-23(3)21-18(15)17/h4-6,8-9,12-13,15H,7,10-11H2,1-3H3/t15-/m0/s1. The molecule has 0 N–H and O–H groups in total. The van der Waals surface area contributed by atoms with Crippen LogP contribution in [0.5, 0.6) is 0 Å². The van der Waals surface area contributed by atoms with Gasteiger partial charge >= 0.3 is 0 Å². The van der Waals surface area contributed by atoms with Crippen molar-refractivity contribution in [3.05, 3.63) is 65.0 Å². The summed E-state index contributed by atoms with van der Waals surface area (Å²) in [6.45, 7) is 0.961. The number of allylic oxidation sites excluding steroid dienone is 2. The SMILES string of the molecule is CN(C)CCC[C@H]1C=C(C(=O)c2ccccc2)C(=O)c2cn(C)nc21. The Bertz CT molecular complexity index is 819. The molecule has 0 aliphatic heterocycles. The maximum atomic E-state index is 12.8. The lowest BCUT2D eigenvalue weighted by molar-refractivity contribution is 0.0958. The Labute approximate surface area is 147 Å². The van der Waals surface area contributed by atoms with E-state index in [-0.39, 0.29) is 23.1 Å². The van der Waals surface area contributed by atoms with Crippen LogP contribution in [0.25, 0.3) is 0 Å². The largest absolute Gasteiger partial charge is 0.309 e. The molecule has 0 saturated heterocycles. The van der Waals surface area contributed by atoms with Gasteiger partial charge in [0, 0.05) is 24.7 Å². The number of fused-ring (bicyclic) bond motifs is 1. The van der Waals surface area contributed by atoms with Crippen LogP contribution >= 0.6 is 0 Å². The lowest BCUT2D eigenvalue weighted by atomic mass is 9.83. The summed E-state index contributed by atoms with van der Waals surface area (Å²) in [5, 5.41) is 4.47. The van der Waals surface area contributed by atoms with Gasteiger partial charge in [0.2, 0.25) is 0 Å². The van der Waals surface area contributed by atoms with Crippen molar-refractivity contribution in [3.8, 4) is 0 Å². The predicted molar refractivity (Wildman–Crippen MR) is 96.9 cm³/mol. The van der Waals surface area contributed by atoms with Gasteiger partial charge < -0.3 is 4.90 Å². The van der Waals surface area contributed by atoms with Crippen LogP contribution in [0.1, 0.15) is 45.2 Å². The molecular weight excluding hydrogens is 314 g/mol. The Hall–Kier alpha value is -2.53. The molecule has 25 heavy (non-hydrogen) atoms. The summed E-state index contributed by atoms with van der Waals surface area (Å²) in [6, 6.07) is 8.97. The molecule has 130 valence electrons. The second kappa shape index (κ2) is 7.15. The van der Waals surface area contributed by atoms with Gasteiger partial charge in [0.25, 0.3) is 0 Å². The number of Topliss-reactive ketones (excluding diaryl/α,β-unsaturated/α-hetero) is 2. The highest BCUT2D eigenvalue weighted by Gasteiger charge is 2.33. The highest BCUT2D eigenvalue weighted by Crippen LogP contribution is 2.33. The average molecular weight is 337 g/mol. The fourth-order valence-corrected chi connectivity index (χ4v) is 3.23. The van der Waals surface area contributed by atoms with Gasteiger partial charge in [-0.3, -0.25) is 14.3 Å². The van der Waals surface area contributed by atoms with Gasteiger partial charge in [-0.2, -0.15) is 5.10 Å². The van der Waals surface area contributed by atoms with Gasteiger partial charge in [0.05, 0.1) is 16.8 Å². The smallest absolute Gasteiger partial charge is 0.200 e. The zero-order valence-corrected chi connectivity index (χ0v) is 14.9. The molecule has 5 nitrogen and oxygen atoms in total. The molecule has 0 amide bonds. The first-order valence-corrected chi connectivity index (χ1v) is 8.52. The van der Waals surface area contributed by atoms with Crippen molar-refractivity contribution in [2.75, 3.05) is 20.6 Å². The Balaban J connectivity index is 1.93. The van der Waals surface area contributed by atoms with Crippen molar-refractivity contribution in [2.45, 2.75) is 18.8 Å². The minimum absolute atomic E-state index is 0.00323. The summed E-state index contributed by atoms with van der Waals surface area (Å²) in [6.07, 6.45) is 5.39. The Morgan fingerprint density at radius 1 is 1.24 bits per heavy atom. The first kappa shape index (κ1) is 17.3. The molecule has 0 fully saturated rings. The first-order chi connectivity index (χ1) is 12.0. The summed E-state index contributed by atoms with van der Waals surface area (Å²) >= 11 is 0. The number of nitrogens with zero attached hydrogens (tertiary/aromatic N) is 3. The van der Waals surface area contributed by atoms with E-state index in [0.717, 1.165) is 25.1 Å². The number of hydrogen-bond acceptors (Lipinski definition) is 4. The molecule has 1 aliphatic carbocycles. The third-order valence-corrected chi connectivity index (χ3v) is 4.47. The fourth-order valence-electron chi connectivity index (χ4n) is 3.23. The summed E-state index contributed by atoms with van der Waals surface area (Å²) in [4.78, 5) is 27.8. The zero-order chi connectivity index (χ0) is 18.0. The molecule has 0 unspecified atom stereocenters. The molecule has 1 aromatic carbocycles. The zero-order valence-electron chi connectivity index (χ0n) is 14.9. The molecule has 0 saturated carbocycles. The van der Waals surface area contributed by atoms with Crippen LogP contribution < -0.4 is 0 Å². The monoisotopic (exact) mass is 337 g/mol. The molecule has 3 rings (SSSR count). The van der Waals surface area contributed by atoms with Gasteiger partial charge in [0.1, 0.15) is 0 Å². The molecule has 1 heterocycles. The van der Waals surface area contributed by atoms with Crippen molar-refractivity contribution < 1.29 is 9.59 Å². The lowest BCUT2D eigenvalue weighted by Gasteiger charge is -2.20. The minimum Gasteiger partial charge on any atom is -0.309 e. The van der Waals surface area contributed by atoms with Gasteiger partial charge in [-0.1, -0.05) is 36.4 Å². The Morgan fingerprint density at radius 3 is 2.64 bits per heavy atom.